The van der Waals surface area contributed by atoms with Crippen LogP contribution in [0.2, 0.25) is 0 Å². The second kappa shape index (κ2) is 9.45. The minimum atomic E-state index is -0.928. The minimum absolute atomic E-state index is 0.236. The molecule has 0 aliphatic heterocycles. The Bertz CT molecular complexity index is 278. The van der Waals surface area contributed by atoms with Gasteiger partial charge in [-0.05, 0) is 26.7 Å². The van der Waals surface area contributed by atoms with Gasteiger partial charge in [0.1, 0.15) is 0 Å². The first kappa shape index (κ1) is 16.4. The number of carbonyl (C=O) groups excluding carboxylic acids is 2. The van der Waals surface area contributed by atoms with E-state index in [1.165, 1.54) is 0 Å². The van der Waals surface area contributed by atoms with E-state index in [0.29, 0.717) is 12.8 Å². The number of rotatable bonds is 9. The molecule has 0 heterocycles. The molecule has 1 unspecified atom stereocenters. The van der Waals surface area contributed by atoms with E-state index in [4.69, 9.17) is 9.47 Å². The zero-order valence-electron chi connectivity index (χ0n) is 11.2. The Hall–Kier alpha value is -1.58. The molecule has 0 saturated heterocycles. The van der Waals surface area contributed by atoms with E-state index in [1.54, 1.807) is 26.0 Å². The van der Waals surface area contributed by atoms with Crippen LogP contribution >= 0.6 is 0 Å². The number of esters is 2. The van der Waals surface area contributed by atoms with Crippen LogP contribution in [-0.4, -0.2) is 25.2 Å². The zero-order chi connectivity index (χ0) is 14.0. The fourth-order valence-electron chi connectivity index (χ4n) is 1.64. The maximum atomic E-state index is 11.8. The average Bonchev–Trinajstić information content (AvgIpc) is 2.34. The highest BCUT2D eigenvalue weighted by Crippen LogP contribution is 2.22. The summed E-state index contributed by atoms with van der Waals surface area (Å²) in [5.74, 6) is -2.32. The monoisotopic (exact) mass is 254 g/mol. The van der Waals surface area contributed by atoms with Crippen molar-refractivity contribution in [3.63, 3.8) is 0 Å². The maximum Gasteiger partial charge on any atom is 0.320 e. The molecule has 0 saturated carbocycles. The predicted molar refractivity (Wildman–Crippen MR) is 69.9 cm³/mol. The summed E-state index contributed by atoms with van der Waals surface area (Å²) in [5, 5.41) is 0. The van der Waals surface area contributed by atoms with Gasteiger partial charge >= 0.3 is 11.9 Å². The van der Waals surface area contributed by atoms with E-state index in [-0.39, 0.29) is 19.1 Å². The van der Waals surface area contributed by atoms with Crippen LogP contribution < -0.4 is 0 Å². The van der Waals surface area contributed by atoms with E-state index in [0.717, 1.165) is 0 Å². The molecule has 18 heavy (non-hydrogen) atoms. The third-order valence-corrected chi connectivity index (χ3v) is 2.52. The lowest BCUT2D eigenvalue weighted by Crippen LogP contribution is -2.33. The lowest BCUT2D eigenvalue weighted by atomic mass is 9.88. The number of allylic oxidation sites excluding steroid dienone is 2. The summed E-state index contributed by atoms with van der Waals surface area (Å²) in [6, 6.07) is 0. The first-order valence-corrected chi connectivity index (χ1v) is 6.19. The van der Waals surface area contributed by atoms with Crippen LogP contribution in [0.4, 0.5) is 0 Å². The summed E-state index contributed by atoms with van der Waals surface area (Å²) >= 11 is 0. The predicted octanol–water partition coefficient (Wildman–Crippen LogP) is 2.50. The molecule has 4 heteroatoms. The van der Waals surface area contributed by atoms with Crippen molar-refractivity contribution in [2.24, 2.45) is 11.8 Å². The Morgan fingerprint density at radius 2 is 1.61 bits per heavy atom. The first-order valence-electron chi connectivity index (χ1n) is 6.19. The standard InChI is InChI=1S/C14H22O4/c1-5-9-10-11(6-2)12(13(15)17-7-3)14(16)18-8-4/h5-6,11-12H,1-2,7-10H2,3-4H3. The Labute approximate surface area is 109 Å². The second-order valence-corrected chi connectivity index (χ2v) is 3.75. The van der Waals surface area contributed by atoms with Crippen molar-refractivity contribution in [2.75, 3.05) is 13.2 Å². The zero-order valence-corrected chi connectivity index (χ0v) is 11.2. The molecule has 0 aliphatic rings. The highest BCUT2D eigenvalue weighted by Gasteiger charge is 2.35. The summed E-state index contributed by atoms with van der Waals surface area (Å²) in [6.07, 6.45) is 4.66. The average molecular weight is 254 g/mol. The Balaban J connectivity index is 4.90. The van der Waals surface area contributed by atoms with Gasteiger partial charge in [0, 0.05) is 5.92 Å². The molecule has 0 bridgehead atoms. The number of hydrogen-bond donors (Lipinski definition) is 0. The van der Waals surface area contributed by atoms with Crippen molar-refractivity contribution in [1.29, 1.82) is 0 Å². The van der Waals surface area contributed by atoms with E-state index in [9.17, 15) is 9.59 Å². The van der Waals surface area contributed by atoms with Gasteiger partial charge in [0.15, 0.2) is 5.92 Å². The van der Waals surface area contributed by atoms with Gasteiger partial charge in [0.2, 0.25) is 0 Å². The van der Waals surface area contributed by atoms with Crippen LogP contribution in [0.15, 0.2) is 25.3 Å². The minimum Gasteiger partial charge on any atom is -0.465 e. The van der Waals surface area contributed by atoms with Gasteiger partial charge in [-0.3, -0.25) is 9.59 Å². The topological polar surface area (TPSA) is 52.6 Å². The van der Waals surface area contributed by atoms with Crippen LogP contribution in [0.1, 0.15) is 26.7 Å². The molecule has 0 aromatic heterocycles. The number of carbonyl (C=O) groups is 2. The van der Waals surface area contributed by atoms with E-state index < -0.39 is 17.9 Å². The van der Waals surface area contributed by atoms with Crippen LogP contribution in [0.25, 0.3) is 0 Å². The van der Waals surface area contributed by atoms with Crippen LogP contribution in [0, 0.1) is 11.8 Å². The molecule has 0 aromatic rings. The molecule has 0 aromatic carbocycles. The third-order valence-electron chi connectivity index (χ3n) is 2.52. The van der Waals surface area contributed by atoms with Gasteiger partial charge in [0.25, 0.3) is 0 Å². The van der Waals surface area contributed by atoms with Crippen LogP contribution in [0.3, 0.4) is 0 Å². The molecule has 0 aliphatic carbocycles. The van der Waals surface area contributed by atoms with Crippen LogP contribution in [-0.2, 0) is 19.1 Å². The SMILES string of the molecule is C=CCCC(C=C)C(C(=O)OCC)C(=O)OCC. The molecule has 0 radical (unpaired) electrons. The van der Waals surface area contributed by atoms with Gasteiger partial charge in [-0.2, -0.15) is 0 Å². The molecule has 0 spiro atoms. The van der Waals surface area contributed by atoms with Crippen LogP contribution in [0.5, 0.6) is 0 Å². The smallest absolute Gasteiger partial charge is 0.320 e. The summed E-state index contributed by atoms with van der Waals surface area (Å²) in [7, 11) is 0. The summed E-state index contributed by atoms with van der Waals surface area (Å²) in [4.78, 5) is 23.7. The van der Waals surface area contributed by atoms with Gasteiger partial charge in [-0.15, -0.1) is 13.2 Å². The maximum absolute atomic E-state index is 11.8. The van der Waals surface area contributed by atoms with E-state index in [2.05, 4.69) is 13.2 Å². The lowest BCUT2D eigenvalue weighted by Gasteiger charge is -2.20. The molecular formula is C14H22O4. The van der Waals surface area contributed by atoms with Gasteiger partial charge < -0.3 is 9.47 Å². The number of hydrogen-bond acceptors (Lipinski definition) is 4. The van der Waals surface area contributed by atoms with Crippen molar-refractivity contribution < 1.29 is 19.1 Å². The number of ether oxygens (including phenoxy) is 2. The van der Waals surface area contributed by atoms with Crippen molar-refractivity contribution in [3.05, 3.63) is 25.3 Å². The second-order valence-electron chi connectivity index (χ2n) is 3.75. The first-order chi connectivity index (χ1) is 8.62. The van der Waals surface area contributed by atoms with Gasteiger partial charge in [0.05, 0.1) is 13.2 Å². The van der Waals surface area contributed by atoms with Crippen molar-refractivity contribution in [1.82, 2.24) is 0 Å². The van der Waals surface area contributed by atoms with Gasteiger partial charge in [-0.25, -0.2) is 0 Å². The highest BCUT2D eigenvalue weighted by atomic mass is 16.6. The Morgan fingerprint density at radius 1 is 1.11 bits per heavy atom. The Kier molecular flexibility index (Phi) is 8.62. The molecule has 0 rings (SSSR count). The molecular weight excluding hydrogens is 232 g/mol. The normalized spacial score (nSPS) is 11.7. The van der Waals surface area contributed by atoms with Crippen molar-refractivity contribution >= 4 is 11.9 Å². The molecule has 4 nitrogen and oxygen atoms in total. The van der Waals surface area contributed by atoms with E-state index >= 15 is 0 Å². The summed E-state index contributed by atoms with van der Waals surface area (Å²) in [5.41, 5.74) is 0. The summed E-state index contributed by atoms with van der Waals surface area (Å²) in [6.45, 7) is 11.2. The molecule has 1 atom stereocenters. The molecule has 0 N–H and O–H groups in total. The molecule has 102 valence electrons. The fourth-order valence-corrected chi connectivity index (χ4v) is 1.64. The summed E-state index contributed by atoms with van der Waals surface area (Å²) < 4.78 is 9.84. The molecule has 0 fully saturated rings. The fraction of sp³-hybridized carbons (Fsp3) is 0.571. The van der Waals surface area contributed by atoms with Crippen molar-refractivity contribution in [2.45, 2.75) is 26.7 Å². The Morgan fingerprint density at radius 3 is 1.94 bits per heavy atom. The quantitative estimate of drug-likeness (QED) is 0.360. The largest absolute Gasteiger partial charge is 0.465 e. The van der Waals surface area contributed by atoms with Crippen molar-refractivity contribution in [3.8, 4) is 0 Å². The molecule has 0 amide bonds. The van der Waals surface area contributed by atoms with E-state index in [1.807, 2.05) is 0 Å². The van der Waals surface area contributed by atoms with Gasteiger partial charge in [-0.1, -0.05) is 12.2 Å². The lowest BCUT2D eigenvalue weighted by molar-refractivity contribution is -0.163. The third kappa shape index (κ3) is 5.17. The highest BCUT2D eigenvalue weighted by molar-refractivity contribution is 5.95.